The lowest BCUT2D eigenvalue weighted by molar-refractivity contribution is -0.181. The number of hydrogen-bond donors (Lipinski definition) is 0. The van der Waals surface area contributed by atoms with Crippen LogP contribution in [0.5, 0.6) is 0 Å². The quantitative estimate of drug-likeness (QED) is 0.630. The van der Waals surface area contributed by atoms with Crippen molar-refractivity contribution in [2.45, 2.75) is 63.6 Å². The second-order valence-electron chi connectivity index (χ2n) is 9.88. The highest BCUT2D eigenvalue weighted by atomic mass is 16.7. The molecule has 152 valence electrons. The van der Waals surface area contributed by atoms with Gasteiger partial charge in [0, 0.05) is 38.5 Å². The zero-order chi connectivity index (χ0) is 19.3. The fraction of sp³-hybridized carbons (Fsp3) is 0.680. The molecule has 1 spiro atoms. The highest BCUT2D eigenvalue weighted by Crippen LogP contribution is 2.55. The van der Waals surface area contributed by atoms with Gasteiger partial charge in [0.2, 0.25) is 0 Å². The van der Waals surface area contributed by atoms with Crippen molar-refractivity contribution < 1.29 is 9.47 Å². The van der Waals surface area contributed by atoms with Crippen molar-refractivity contribution >= 4 is 5.69 Å². The smallest absolute Gasteiger partial charge is 0.169 e. The third-order valence-corrected chi connectivity index (χ3v) is 7.83. The molecule has 1 aliphatic heterocycles. The van der Waals surface area contributed by atoms with Crippen molar-refractivity contribution in [1.82, 2.24) is 0 Å². The van der Waals surface area contributed by atoms with Crippen LogP contribution in [0.3, 0.4) is 0 Å². The number of allylic oxidation sites excluding steroid dienone is 2. The van der Waals surface area contributed by atoms with E-state index in [1.54, 1.807) is 5.57 Å². The summed E-state index contributed by atoms with van der Waals surface area (Å²) in [5.41, 5.74) is 6.42. The van der Waals surface area contributed by atoms with E-state index >= 15 is 0 Å². The minimum Gasteiger partial charge on any atom is -0.378 e. The molecule has 0 aromatic heterocycles. The molecule has 5 rings (SSSR count). The molecule has 28 heavy (non-hydrogen) atoms. The van der Waals surface area contributed by atoms with Gasteiger partial charge in [-0.15, -0.1) is 0 Å². The van der Waals surface area contributed by atoms with Crippen molar-refractivity contribution in [3.63, 3.8) is 0 Å². The van der Waals surface area contributed by atoms with Crippen molar-refractivity contribution in [3.05, 3.63) is 41.0 Å². The number of nitrogens with zero attached hydrogens (tertiary/aromatic N) is 1. The molecule has 0 bridgehead atoms. The van der Waals surface area contributed by atoms with E-state index in [1.807, 2.05) is 5.57 Å². The largest absolute Gasteiger partial charge is 0.378 e. The maximum Gasteiger partial charge on any atom is 0.169 e. The summed E-state index contributed by atoms with van der Waals surface area (Å²) >= 11 is 0. The van der Waals surface area contributed by atoms with E-state index in [2.05, 4.69) is 50.2 Å². The predicted octanol–water partition coefficient (Wildman–Crippen LogP) is 5.52. The van der Waals surface area contributed by atoms with E-state index in [0.29, 0.717) is 11.8 Å². The zero-order valence-electron chi connectivity index (χ0n) is 17.7. The number of fused-ring (bicyclic) bond motifs is 2. The zero-order valence-corrected chi connectivity index (χ0v) is 17.7. The van der Waals surface area contributed by atoms with Crippen LogP contribution in [0, 0.1) is 17.8 Å². The Hall–Kier alpha value is -1.32. The Morgan fingerprint density at radius 1 is 0.964 bits per heavy atom. The molecule has 1 aromatic rings. The van der Waals surface area contributed by atoms with Crippen LogP contribution < -0.4 is 4.90 Å². The average Bonchev–Trinajstić information content (AvgIpc) is 3.14. The molecular weight excluding hydrogens is 346 g/mol. The van der Waals surface area contributed by atoms with Crippen LogP contribution in [0.4, 0.5) is 5.69 Å². The summed E-state index contributed by atoms with van der Waals surface area (Å²) in [5, 5.41) is 0. The van der Waals surface area contributed by atoms with Crippen molar-refractivity contribution in [2.24, 2.45) is 17.8 Å². The van der Waals surface area contributed by atoms with Crippen LogP contribution in [0.1, 0.15) is 63.4 Å². The van der Waals surface area contributed by atoms with Gasteiger partial charge in [-0.05, 0) is 67.6 Å². The molecule has 1 heterocycles. The summed E-state index contributed by atoms with van der Waals surface area (Å²) in [7, 11) is 4.24. The maximum atomic E-state index is 6.08. The van der Waals surface area contributed by atoms with Crippen LogP contribution in [-0.2, 0) is 9.47 Å². The number of hydrogen-bond acceptors (Lipinski definition) is 3. The van der Waals surface area contributed by atoms with Crippen molar-refractivity contribution in [3.8, 4) is 0 Å². The first-order valence-corrected chi connectivity index (χ1v) is 11.3. The van der Waals surface area contributed by atoms with Gasteiger partial charge in [0.05, 0.1) is 13.2 Å². The lowest BCUT2D eigenvalue weighted by Gasteiger charge is -2.48. The molecule has 0 amide bonds. The summed E-state index contributed by atoms with van der Waals surface area (Å²) in [6.07, 6.45) is 8.69. The van der Waals surface area contributed by atoms with Crippen LogP contribution in [0.15, 0.2) is 35.4 Å². The maximum absolute atomic E-state index is 6.08. The van der Waals surface area contributed by atoms with Gasteiger partial charge in [-0.25, -0.2) is 0 Å². The van der Waals surface area contributed by atoms with E-state index < -0.39 is 0 Å². The highest BCUT2D eigenvalue weighted by molar-refractivity contribution is 5.48. The summed E-state index contributed by atoms with van der Waals surface area (Å²) in [4.78, 5) is 2.19. The molecule has 2 saturated carbocycles. The molecule has 3 fully saturated rings. The first kappa shape index (κ1) is 18.7. The Morgan fingerprint density at radius 3 is 2.39 bits per heavy atom. The molecule has 4 atom stereocenters. The normalized spacial score (nSPS) is 34.2. The van der Waals surface area contributed by atoms with E-state index in [1.165, 1.54) is 43.4 Å². The van der Waals surface area contributed by atoms with Crippen LogP contribution in [-0.4, -0.2) is 33.1 Å². The molecule has 3 nitrogen and oxygen atoms in total. The van der Waals surface area contributed by atoms with E-state index in [-0.39, 0.29) is 5.79 Å². The van der Waals surface area contributed by atoms with Crippen LogP contribution in [0.25, 0.3) is 0 Å². The fourth-order valence-electron chi connectivity index (χ4n) is 6.55. The number of benzene rings is 1. The second kappa shape index (κ2) is 7.18. The third-order valence-electron chi connectivity index (χ3n) is 7.83. The van der Waals surface area contributed by atoms with Gasteiger partial charge in [-0.2, -0.15) is 0 Å². The Morgan fingerprint density at radius 2 is 1.68 bits per heavy atom. The summed E-state index contributed by atoms with van der Waals surface area (Å²) in [6, 6.07) is 9.37. The molecule has 4 aliphatic rings. The van der Waals surface area contributed by atoms with Crippen molar-refractivity contribution in [1.29, 1.82) is 0 Å². The first-order chi connectivity index (χ1) is 13.5. The molecule has 1 aromatic carbocycles. The van der Waals surface area contributed by atoms with Crippen molar-refractivity contribution in [2.75, 3.05) is 32.2 Å². The molecule has 0 N–H and O–H groups in total. The van der Waals surface area contributed by atoms with Gasteiger partial charge >= 0.3 is 0 Å². The van der Waals surface area contributed by atoms with Gasteiger partial charge in [0.1, 0.15) is 0 Å². The molecule has 3 unspecified atom stereocenters. The minimum absolute atomic E-state index is 0.258. The lowest BCUT2D eigenvalue weighted by Crippen LogP contribution is -2.41. The SMILES string of the molecule is C[C@@H]1CC2CCC3CC4(CCC3=C2C(c2ccc(N(C)C)cc2)C1)OCCO4. The standard InChI is InChI=1S/C25H35NO2/c1-17-14-19-4-5-20-16-25(27-12-13-28-25)11-10-22(20)24(19)23(15-17)18-6-8-21(9-7-18)26(2)3/h6-9,17,19-20,23H,4-5,10-16H2,1-3H3/t17-,19?,20?,23?/m1/s1. The molecule has 0 radical (unpaired) electrons. The Labute approximate surface area is 170 Å². The Bertz CT molecular complexity index is 744. The Kier molecular flexibility index (Phi) is 4.79. The monoisotopic (exact) mass is 381 g/mol. The van der Waals surface area contributed by atoms with E-state index in [9.17, 15) is 0 Å². The van der Waals surface area contributed by atoms with Gasteiger partial charge in [-0.1, -0.05) is 30.2 Å². The van der Waals surface area contributed by atoms with Gasteiger partial charge in [0.25, 0.3) is 0 Å². The van der Waals surface area contributed by atoms with Gasteiger partial charge < -0.3 is 14.4 Å². The third kappa shape index (κ3) is 3.21. The van der Waals surface area contributed by atoms with Gasteiger partial charge in [-0.3, -0.25) is 0 Å². The van der Waals surface area contributed by atoms with Crippen LogP contribution in [0.2, 0.25) is 0 Å². The minimum atomic E-state index is -0.258. The summed E-state index contributed by atoms with van der Waals surface area (Å²) in [5.74, 6) is 2.65. The number of anilines is 1. The second-order valence-corrected chi connectivity index (χ2v) is 9.88. The lowest BCUT2D eigenvalue weighted by atomic mass is 9.59. The average molecular weight is 382 g/mol. The highest BCUT2D eigenvalue weighted by Gasteiger charge is 2.47. The Balaban J connectivity index is 1.49. The van der Waals surface area contributed by atoms with E-state index in [4.69, 9.17) is 9.47 Å². The fourth-order valence-corrected chi connectivity index (χ4v) is 6.55. The van der Waals surface area contributed by atoms with Crippen LogP contribution >= 0.6 is 0 Å². The summed E-state index contributed by atoms with van der Waals surface area (Å²) in [6.45, 7) is 4.02. The molecule has 1 saturated heterocycles. The molecule has 3 heteroatoms. The molecule has 3 aliphatic carbocycles. The van der Waals surface area contributed by atoms with Gasteiger partial charge in [0.15, 0.2) is 5.79 Å². The molecular formula is C25H35NO2. The van der Waals surface area contributed by atoms with E-state index in [0.717, 1.165) is 37.9 Å². The summed E-state index contributed by atoms with van der Waals surface area (Å²) < 4.78 is 12.2. The predicted molar refractivity (Wildman–Crippen MR) is 114 cm³/mol. The topological polar surface area (TPSA) is 21.7 Å². The first-order valence-electron chi connectivity index (χ1n) is 11.3. The number of rotatable bonds is 2. The number of ether oxygens (including phenoxy) is 2.